The van der Waals surface area contributed by atoms with Gasteiger partial charge in [-0.25, -0.2) is 9.78 Å². The number of thioether (sulfide) groups is 1. The molecular formula is C25H17ClN2O4S. The first-order valence-electron chi connectivity index (χ1n) is 10.0. The first-order valence-corrected chi connectivity index (χ1v) is 11.4. The molecule has 0 saturated carbocycles. The molecule has 0 aliphatic rings. The molecule has 0 aliphatic carbocycles. The van der Waals surface area contributed by atoms with E-state index >= 15 is 0 Å². The lowest BCUT2D eigenvalue weighted by molar-refractivity contribution is 0.414. The zero-order chi connectivity index (χ0) is 22.9. The number of hydrogen-bond acceptors (Lipinski definition) is 6. The van der Waals surface area contributed by atoms with Crippen LogP contribution < -0.4 is 15.9 Å². The maximum atomic E-state index is 13.4. The Bertz CT molecular complexity index is 1630. The molecule has 0 bridgehead atoms. The van der Waals surface area contributed by atoms with Crippen LogP contribution >= 0.6 is 23.4 Å². The van der Waals surface area contributed by atoms with E-state index in [2.05, 4.69) is 0 Å². The molecule has 5 rings (SSSR count). The van der Waals surface area contributed by atoms with E-state index in [4.69, 9.17) is 25.7 Å². The molecule has 8 heteroatoms. The summed E-state index contributed by atoms with van der Waals surface area (Å²) in [5.41, 5.74) is 1.79. The van der Waals surface area contributed by atoms with Gasteiger partial charge in [-0.1, -0.05) is 41.6 Å². The molecule has 2 aromatic heterocycles. The van der Waals surface area contributed by atoms with Gasteiger partial charge in [-0.2, -0.15) is 0 Å². The summed E-state index contributed by atoms with van der Waals surface area (Å²) in [4.78, 5) is 30.3. The van der Waals surface area contributed by atoms with Gasteiger partial charge in [0.1, 0.15) is 11.3 Å². The van der Waals surface area contributed by atoms with Gasteiger partial charge in [-0.3, -0.25) is 9.36 Å². The van der Waals surface area contributed by atoms with Crippen molar-refractivity contribution >= 4 is 45.2 Å². The van der Waals surface area contributed by atoms with E-state index in [1.165, 1.54) is 17.8 Å². The topological polar surface area (TPSA) is 74.3 Å². The quantitative estimate of drug-likeness (QED) is 0.191. The molecule has 0 spiro atoms. The molecule has 0 radical (unpaired) electrons. The number of para-hydroxylation sites is 1. The molecule has 0 unspecified atom stereocenters. The van der Waals surface area contributed by atoms with Gasteiger partial charge in [0.15, 0.2) is 5.16 Å². The minimum Gasteiger partial charge on any atom is -0.497 e. The molecular weight excluding hydrogens is 460 g/mol. The molecule has 0 aliphatic heterocycles. The number of rotatable bonds is 5. The van der Waals surface area contributed by atoms with Gasteiger partial charge in [-0.15, -0.1) is 0 Å². The Morgan fingerprint density at radius 1 is 1.00 bits per heavy atom. The number of halogens is 1. The summed E-state index contributed by atoms with van der Waals surface area (Å²) in [7, 11) is 1.56. The standard InChI is InChI=1S/C25H17ClN2O4S/c1-31-18-9-10-19-15(11-23(29)32-22(19)13-18)14-33-25-27-21-8-3-2-7-20(21)24(30)28(25)17-6-4-5-16(26)12-17/h2-13H,14H2,1H3. The molecule has 5 aromatic rings. The average molecular weight is 477 g/mol. The van der Waals surface area contributed by atoms with Crippen molar-refractivity contribution in [2.24, 2.45) is 0 Å². The summed E-state index contributed by atoms with van der Waals surface area (Å²) in [6.07, 6.45) is 0. The van der Waals surface area contributed by atoms with Crippen LogP contribution in [0.3, 0.4) is 0 Å². The third-order valence-corrected chi connectivity index (χ3v) is 6.43. The van der Waals surface area contributed by atoms with Gasteiger partial charge in [0.25, 0.3) is 5.56 Å². The predicted octanol–water partition coefficient (Wildman–Crippen LogP) is 5.45. The van der Waals surface area contributed by atoms with Gasteiger partial charge >= 0.3 is 5.63 Å². The van der Waals surface area contributed by atoms with Crippen molar-refractivity contribution in [2.45, 2.75) is 10.9 Å². The van der Waals surface area contributed by atoms with E-state index < -0.39 is 5.63 Å². The maximum absolute atomic E-state index is 13.4. The van der Waals surface area contributed by atoms with Gasteiger partial charge in [0.2, 0.25) is 0 Å². The Labute approximate surface area is 197 Å². The highest BCUT2D eigenvalue weighted by Crippen LogP contribution is 2.29. The second-order valence-electron chi connectivity index (χ2n) is 7.27. The monoisotopic (exact) mass is 476 g/mol. The lowest BCUT2D eigenvalue weighted by Crippen LogP contribution is -2.21. The van der Waals surface area contributed by atoms with Crippen LogP contribution in [0.15, 0.2) is 92.0 Å². The smallest absolute Gasteiger partial charge is 0.336 e. The molecule has 6 nitrogen and oxygen atoms in total. The average Bonchev–Trinajstić information content (AvgIpc) is 2.82. The zero-order valence-electron chi connectivity index (χ0n) is 17.4. The summed E-state index contributed by atoms with van der Waals surface area (Å²) in [6.45, 7) is 0. The number of nitrogens with zero attached hydrogens (tertiary/aromatic N) is 2. The fraction of sp³-hybridized carbons (Fsp3) is 0.0800. The van der Waals surface area contributed by atoms with Crippen molar-refractivity contribution in [1.82, 2.24) is 9.55 Å². The SMILES string of the molecule is COc1ccc2c(CSc3nc4ccccc4c(=O)n3-c3cccc(Cl)c3)cc(=O)oc2c1. The summed E-state index contributed by atoms with van der Waals surface area (Å²) < 4.78 is 12.1. The predicted molar refractivity (Wildman–Crippen MR) is 131 cm³/mol. The second kappa shape index (κ2) is 8.77. The van der Waals surface area contributed by atoms with Gasteiger partial charge < -0.3 is 9.15 Å². The van der Waals surface area contributed by atoms with Gasteiger partial charge in [0.05, 0.1) is 23.7 Å². The van der Waals surface area contributed by atoms with Crippen LogP contribution in [0.2, 0.25) is 5.02 Å². The van der Waals surface area contributed by atoms with Crippen LogP contribution in [-0.4, -0.2) is 16.7 Å². The minimum atomic E-state index is -0.454. The number of aromatic nitrogens is 2. The fourth-order valence-electron chi connectivity index (χ4n) is 3.65. The van der Waals surface area contributed by atoms with Gasteiger partial charge in [0, 0.05) is 28.3 Å². The molecule has 33 heavy (non-hydrogen) atoms. The molecule has 3 aromatic carbocycles. The third-order valence-electron chi connectivity index (χ3n) is 5.21. The van der Waals surface area contributed by atoms with E-state index in [0.717, 1.165) is 10.9 Å². The molecule has 0 N–H and O–H groups in total. The van der Waals surface area contributed by atoms with Crippen molar-refractivity contribution < 1.29 is 9.15 Å². The Kier molecular flexibility index (Phi) is 5.66. The van der Waals surface area contributed by atoms with E-state index in [1.54, 1.807) is 42.0 Å². The van der Waals surface area contributed by atoms with E-state index in [0.29, 0.717) is 43.9 Å². The summed E-state index contributed by atoms with van der Waals surface area (Å²) >= 11 is 7.56. The van der Waals surface area contributed by atoms with Crippen molar-refractivity contribution in [3.8, 4) is 11.4 Å². The molecule has 2 heterocycles. The van der Waals surface area contributed by atoms with E-state index in [-0.39, 0.29) is 5.56 Å². The van der Waals surface area contributed by atoms with Crippen LogP contribution in [0, 0.1) is 0 Å². The Morgan fingerprint density at radius 3 is 2.67 bits per heavy atom. The van der Waals surface area contributed by atoms with E-state index in [1.807, 2.05) is 36.4 Å². The highest BCUT2D eigenvalue weighted by atomic mass is 35.5. The first-order chi connectivity index (χ1) is 16.0. The summed E-state index contributed by atoms with van der Waals surface area (Å²) in [6, 6.07) is 21.1. The van der Waals surface area contributed by atoms with Crippen LogP contribution in [-0.2, 0) is 5.75 Å². The molecule has 0 saturated heterocycles. The van der Waals surface area contributed by atoms with Crippen molar-refractivity contribution in [1.29, 1.82) is 0 Å². The lowest BCUT2D eigenvalue weighted by atomic mass is 10.1. The number of ether oxygens (including phenoxy) is 1. The Balaban J connectivity index is 1.63. The van der Waals surface area contributed by atoms with Crippen molar-refractivity contribution in [2.75, 3.05) is 7.11 Å². The third kappa shape index (κ3) is 4.13. The van der Waals surface area contributed by atoms with Crippen LogP contribution in [0.25, 0.3) is 27.6 Å². The molecule has 0 amide bonds. The highest BCUT2D eigenvalue weighted by Gasteiger charge is 2.15. The number of fused-ring (bicyclic) bond motifs is 2. The Morgan fingerprint density at radius 2 is 1.85 bits per heavy atom. The van der Waals surface area contributed by atoms with E-state index in [9.17, 15) is 9.59 Å². The van der Waals surface area contributed by atoms with Crippen molar-refractivity contribution in [3.05, 3.63) is 104 Å². The second-order valence-corrected chi connectivity index (χ2v) is 8.65. The largest absolute Gasteiger partial charge is 0.497 e. The fourth-order valence-corrected chi connectivity index (χ4v) is 4.84. The highest BCUT2D eigenvalue weighted by molar-refractivity contribution is 7.98. The van der Waals surface area contributed by atoms with Crippen LogP contribution in [0.1, 0.15) is 5.56 Å². The van der Waals surface area contributed by atoms with Gasteiger partial charge in [-0.05, 0) is 48.0 Å². The summed E-state index contributed by atoms with van der Waals surface area (Å²) in [5, 5.41) is 2.32. The molecule has 164 valence electrons. The zero-order valence-corrected chi connectivity index (χ0v) is 19.0. The lowest BCUT2D eigenvalue weighted by Gasteiger charge is -2.14. The summed E-state index contributed by atoms with van der Waals surface area (Å²) in [5.74, 6) is 1.00. The molecule has 0 fully saturated rings. The normalized spacial score (nSPS) is 11.2. The number of benzene rings is 3. The Hall–Kier alpha value is -3.55. The van der Waals surface area contributed by atoms with Crippen LogP contribution in [0.4, 0.5) is 0 Å². The first kappa shape index (κ1) is 21.3. The number of methoxy groups -OCH3 is 1. The molecule has 0 atom stereocenters. The maximum Gasteiger partial charge on any atom is 0.336 e. The van der Waals surface area contributed by atoms with Crippen LogP contribution in [0.5, 0.6) is 5.75 Å². The van der Waals surface area contributed by atoms with Crippen molar-refractivity contribution in [3.63, 3.8) is 0 Å². The number of hydrogen-bond donors (Lipinski definition) is 0. The minimum absolute atomic E-state index is 0.187.